The zero-order valence-corrected chi connectivity index (χ0v) is 17.8. The molecule has 3 aliphatic rings. The molecule has 4 atom stereocenters. The topological polar surface area (TPSA) is 12.5 Å². The van der Waals surface area contributed by atoms with Crippen molar-refractivity contribution in [2.24, 2.45) is 23.2 Å². The lowest BCUT2D eigenvalue weighted by molar-refractivity contribution is -0.211. The van der Waals surface area contributed by atoms with Gasteiger partial charge in [0.2, 0.25) is 0 Å². The van der Waals surface area contributed by atoms with E-state index >= 15 is 0 Å². The van der Waals surface area contributed by atoms with Crippen molar-refractivity contribution in [3.05, 3.63) is 0 Å². The van der Waals surface area contributed by atoms with Crippen molar-refractivity contribution in [2.75, 3.05) is 19.8 Å². The van der Waals surface area contributed by atoms with E-state index in [1.165, 1.54) is 51.5 Å². The van der Waals surface area contributed by atoms with Crippen molar-refractivity contribution < 1.29 is 4.74 Å². The second-order valence-corrected chi connectivity index (χ2v) is 10.6. The first-order valence-corrected chi connectivity index (χ1v) is 11.1. The van der Waals surface area contributed by atoms with Gasteiger partial charge in [0, 0.05) is 6.04 Å². The first-order valence-electron chi connectivity index (χ1n) is 11.1. The number of hydrogen-bond acceptors (Lipinski definition) is 2. The average Bonchev–Trinajstić information content (AvgIpc) is 2.49. The van der Waals surface area contributed by atoms with Gasteiger partial charge in [-0.2, -0.15) is 0 Å². The Morgan fingerprint density at radius 2 is 1.68 bits per heavy atom. The molecule has 0 aromatic heterocycles. The van der Waals surface area contributed by atoms with Gasteiger partial charge in [0.25, 0.3) is 0 Å². The van der Waals surface area contributed by atoms with Gasteiger partial charge in [0.1, 0.15) is 7.85 Å². The fraction of sp³-hybridized carbons (Fsp3) is 1.00. The molecule has 0 radical (unpaired) electrons. The summed E-state index contributed by atoms with van der Waals surface area (Å²) >= 11 is 0. The second-order valence-electron chi connectivity index (χ2n) is 10.6. The third-order valence-electron chi connectivity index (χ3n) is 8.30. The molecule has 4 unspecified atom stereocenters. The zero-order valence-electron chi connectivity index (χ0n) is 17.8. The standard InChI is InChI=1S/C22H42BNO/c1-16(2)21(5)12-18-10-11-24(17(3)4)22(14-25-15-22)20(18)9-7-6-8-19(23)13-21/h16-20H,6-15,23H2,1-5H3. The van der Waals surface area contributed by atoms with E-state index in [2.05, 4.69) is 47.4 Å². The molecule has 1 saturated carbocycles. The van der Waals surface area contributed by atoms with E-state index in [1.807, 2.05) is 0 Å². The van der Waals surface area contributed by atoms with Crippen LogP contribution in [0.25, 0.3) is 0 Å². The molecular formula is C22H42BNO. The van der Waals surface area contributed by atoms with Crippen LogP contribution in [0.3, 0.4) is 0 Å². The minimum atomic E-state index is 0.361. The largest absolute Gasteiger partial charge is 0.377 e. The molecule has 0 aromatic rings. The molecule has 2 heterocycles. The molecule has 2 saturated heterocycles. The summed E-state index contributed by atoms with van der Waals surface area (Å²) < 4.78 is 5.85. The molecule has 2 nitrogen and oxygen atoms in total. The highest BCUT2D eigenvalue weighted by atomic mass is 16.5. The maximum Gasteiger partial charge on any atom is 0.105 e. The monoisotopic (exact) mass is 347 g/mol. The van der Waals surface area contributed by atoms with Crippen LogP contribution in [0.2, 0.25) is 5.82 Å². The van der Waals surface area contributed by atoms with Crippen LogP contribution < -0.4 is 0 Å². The SMILES string of the molecule is BC1CCCCC2C(CCN(C(C)C)C23COC3)CC(C)(C(C)C)C1. The van der Waals surface area contributed by atoms with Gasteiger partial charge in [-0.3, -0.25) is 4.90 Å². The predicted octanol–water partition coefficient (Wildman–Crippen LogP) is 4.54. The Hall–Kier alpha value is -0.0151. The summed E-state index contributed by atoms with van der Waals surface area (Å²) in [5, 5.41) is 0. The normalized spacial score (nSPS) is 40.0. The van der Waals surface area contributed by atoms with Crippen LogP contribution >= 0.6 is 0 Å². The molecule has 3 heteroatoms. The molecule has 0 N–H and O–H groups in total. The first kappa shape index (κ1) is 19.7. The Morgan fingerprint density at radius 1 is 1.00 bits per heavy atom. The molecule has 25 heavy (non-hydrogen) atoms. The van der Waals surface area contributed by atoms with E-state index in [4.69, 9.17) is 4.74 Å². The highest BCUT2D eigenvalue weighted by Gasteiger charge is 2.56. The van der Waals surface area contributed by atoms with Crippen LogP contribution in [0.5, 0.6) is 0 Å². The highest BCUT2D eigenvalue weighted by Crippen LogP contribution is 2.52. The molecule has 3 rings (SSSR count). The maximum absolute atomic E-state index is 5.85. The van der Waals surface area contributed by atoms with Crippen LogP contribution in [0.1, 0.15) is 79.6 Å². The quantitative estimate of drug-likeness (QED) is 0.680. The summed E-state index contributed by atoms with van der Waals surface area (Å²) in [5.74, 6) is 3.42. The van der Waals surface area contributed by atoms with E-state index in [0.29, 0.717) is 17.0 Å². The Morgan fingerprint density at radius 3 is 2.24 bits per heavy atom. The zero-order chi connectivity index (χ0) is 18.2. The highest BCUT2D eigenvalue weighted by molar-refractivity contribution is 6.11. The first-order chi connectivity index (χ1) is 11.8. The van der Waals surface area contributed by atoms with Gasteiger partial charge in [-0.05, 0) is 62.8 Å². The van der Waals surface area contributed by atoms with Gasteiger partial charge in [0.15, 0.2) is 0 Å². The third kappa shape index (κ3) is 3.70. The van der Waals surface area contributed by atoms with Crippen molar-refractivity contribution in [1.82, 2.24) is 4.90 Å². The van der Waals surface area contributed by atoms with Crippen LogP contribution in [0, 0.1) is 23.2 Å². The fourth-order valence-electron chi connectivity index (χ4n) is 6.50. The number of nitrogens with zero attached hydrogens (tertiary/aromatic N) is 1. The molecule has 0 bridgehead atoms. The van der Waals surface area contributed by atoms with E-state index in [1.54, 1.807) is 0 Å². The summed E-state index contributed by atoms with van der Waals surface area (Å²) in [5.41, 5.74) is 0.866. The molecular weight excluding hydrogens is 305 g/mol. The lowest BCUT2D eigenvalue weighted by atomic mass is 9.57. The van der Waals surface area contributed by atoms with Gasteiger partial charge in [0.05, 0.1) is 18.8 Å². The predicted molar refractivity (Wildman–Crippen MR) is 110 cm³/mol. The molecule has 0 aromatic carbocycles. The van der Waals surface area contributed by atoms with Crippen LogP contribution in [-0.2, 0) is 4.74 Å². The Bertz CT molecular complexity index is 447. The summed E-state index contributed by atoms with van der Waals surface area (Å²) in [6.07, 6.45) is 9.98. The van der Waals surface area contributed by atoms with E-state index in [-0.39, 0.29) is 0 Å². The maximum atomic E-state index is 5.85. The summed E-state index contributed by atoms with van der Waals surface area (Å²) in [6, 6.07) is 0.650. The van der Waals surface area contributed by atoms with Gasteiger partial charge >= 0.3 is 0 Å². The van der Waals surface area contributed by atoms with Crippen molar-refractivity contribution in [2.45, 2.75) is 97.0 Å². The smallest absolute Gasteiger partial charge is 0.105 e. The minimum Gasteiger partial charge on any atom is -0.377 e. The van der Waals surface area contributed by atoms with Crippen molar-refractivity contribution in [3.8, 4) is 0 Å². The number of fused-ring (bicyclic) bond motifs is 2. The molecule has 1 spiro atoms. The van der Waals surface area contributed by atoms with Crippen LogP contribution in [0.15, 0.2) is 0 Å². The van der Waals surface area contributed by atoms with Crippen LogP contribution in [-0.4, -0.2) is 44.1 Å². The molecule has 3 fully saturated rings. The third-order valence-corrected chi connectivity index (χ3v) is 8.30. The Kier molecular flexibility index (Phi) is 5.96. The van der Waals surface area contributed by atoms with E-state index < -0.39 is 0 Å². The van der Waals surface area contributed by atoms with Gasteiger partial charge in [-0.25, -0.2) is 0 Å². The number of ether oxygens (including phenoxy) is 1. The Balaban J connectivity index is 1.88. The summed E-state index contributed by atoms with van der Waals surface area (Å²) in [4.78, 5) is 2.82. The van der Waals surface area contributed by atoms with Gasteiger partial charge < -0.3 is 4.74 Å². The average molecular weight is 347 g/mol. The summed E-state index contributed by atoms with van der Waals surface area (Å²) in [7, 11) is 2.50. The van der Waals surface area contributed by atoms with Crippen molar-refractivity contribution in [1.29, 1.82) is 0 Å². The van der Waals surface area contributed by atoms with Crippen molar-refractivity contribution >= 4 is 7.85 Å². The minimum absolute atomic E-state index is 0.361. The van der Waals surface area contributed by atoms with Crippen LogP contribution in [0.4, 0.5) is 0 Å². The van der Waals surface area contributed by atoms with E-state index in [9.17, 15) is 0 Å². The lowest BCUT2D eigenvalue weighted by Crippen LogP contribution is -2.71. The van der Waals surface area contributed by atoms with Gasteiger partial charge in [-0.1, -0.05) is 52.3 Å². The molecule has 2 aliphatic heterocycles. The van der Waals surface area contributed by atoms with Gasteiger partial charge in [-0.15, -0.1) is 0 Å². The molecule has 1 aliphatic carbocycles. The lowest BCUT2D eigenvalue weighted by Gasteiger charge is -2.62. The second kappa shape index (κ2) is 7.54. The number of likely N-dealkylation sites (tertiary alicyclic amines) is 1. The fourth-order valence-corrected chi connectivity index (χ4v) is 6.50. The number of rotatable bonds is 2. The summed E-state index contributed by atoms with van der Waals surface area (Å²) in [6.45, 7) is 15.6. The number of piperidine rings is 1. The number of hydrogen-bond donors (Lipinski definition) is 0. The molecule has 0 amide bonds. The Labute approximate surface area is 157 Å². The van der Waals surface area contributed by atoms with Crippen molar-refractivity contribution in [3.63, 3.8) is 0 Å². The molecule has 144 valence electrons. The van der Waals surface area contributed by atoms with E-state index in [0.717, 1.165) is 36.8 Å².